The Kier molecular flexibility index (Phi) is 2.84. The Morgan fingerprint density at radius 2 is 2.13 bits per heavy atom. The number of nitrogens with zero attached hydrogens (tertiary/aromatic N) is 1. The smallest absolute Gasteiger partial charge is 0.144 e. The largest absolute Gasteiger partial charge is 0.378 e. The van der Waals surface area contributed by atoms with Crippen LogP contribution in [0.4, 0.5) is 0 Å². The number of fused-ring (bicyclic) bond motifs is 1. The van der Waals surface area contributed by atoms with Crippen LogP contribution in [0.25, 0.3) is 6.08 Å². The van der Waals surface area contributed by atoms with Gasteiger partial charge in [-0.25, -0.2) is 0 Å². The van der Waals surface area contributed by atoms with Gasteiger partial charge in [0.25, 0.3) is 0 Å². The van der Waals surface area contributed by atoms with Crippen molar-refractivity contribution in [1.29, 1.82) is 5.26 Å². The summed E-state index contributed by atoms with van der Waals surface area (Å²) in [6.07, 6.45) is 3.68. The predicted molar refractivity (Wildman–Crippen MR) is 59.0 cm³/mol. The molecule has 15 heavy (non-hydrogen) atoms. The number of hydrogen-bond donors (Lipinski definition) is 1. The van der Waals surface area contributed by atoms with Gasteiger partial charge in [0, 0.05) is 6.42 Å². The number of aliphatic hydroxyl groups excluding tert-OH is 1. The molecular weight excluding hydrogens is 186 g/mol. The quantitative estimate of drug-likeness (QED) is 0.743. The third kappa shape index (κ3) is 2.26. The third-order valence-electron chi connectivity index (χ3n) is 2.73. The Hall–Kier alpha value is -1.59. The van der Waals surface area contributed by atoms with Crippen LogP contribution in [0, 0.1) is 11.3 Å². The average Bonchev–Trinajstić information content (AvgIpc) is 2.29. The standard InChI is InChI=1S/C13H13NO/c14-9-13(15)8-10-5-6-11-3-1-2-4-12(11)7-10/h1-4,7,13,15H,5-6,8H2/t13-/m0/s1. The van der Waals surface area contributed by atoms with Crippen molar-refractivity contribution in [3.8, 4) is 6.07 Å². The summed E-state index contributed by atoms with van der Waals surface area (Å²) in [5.74, 6) is 0. The van der Waals surface area contributed by atoms with Crippen LogP contribution in [0.5, 0.6) is 0 Å². The van der Waals surface area contributed by atoms with Crippen LogP contribution in [0.2, 0.25) is 0 Å². The fourth-order valence-electron chi connectivity index (χ4n) is 1.94. The van der Waals surface area contributed by atoms with Crippen molar-refractivity contribution in [2.24, 2.45) is 0 Å². The molecule has 0 bridgehead atoms. The highest BCUT2D eigenvalue weighted by atomic mass is 16.3. The Labute approximate surface area is 89.5 Å². The first-order valence-corrected chi connectivity index (χ1v) is 5.14. The zero-order valence-electron chi connectivity index (χ0n) is 8.48. The fraction of sp³-hybridized carbons (Fsp3) is 0.308. The van der Waals surface area contributed by atoms with E-state index >= 15 is 0 Å². The van der Waals surface area contributed by atoms with E-state index in [9.17, 15) is 5.11 Å². The summed E-state index contributed by atoms with van der Waals surface area (Å²) in [4.78, 5) is 0. The van der Waals surface area contributed by atoms with E-state index in [0.717, 1.165) is 12.8 Å². The maximum absolute atomic E-state index is 9.26. The van der Waals surface area contributed by atoms with Crippen LogP contribution >= 0.6 is 0 Å². The lowest BCUT2D eigenvalue weighted by atomic mass is 9.90. The molecule has 1 aromatic carbocycles. The zero-order valence-corrected chi connectivity index (χ0v) is 8.48. The van der Waals surface area contributed by atoms with Gasteiger partial charge < -0.3 is 5.11 Å². The maximum atomic E-state index is 9.26. The van der Waals surface area contributed by atoms with Gasteiger partial charge in [-0.05, 0) is 24.0 Å². The van der Waals surface area contributed by atoms with Crippen LogP contribution < -0.4 is 0 Å². The van der Waals surface area contributed by atoms with Gasteiger partial charge in [0.2, 0.25) is 0 Å². The van der Waals surface area contributed by atoms with Gasteiger partial charge in [-0.3, -0.25) is 0 Å². The highest BCUT2D eigenvalue weighted by molar-refractivity contribution is 5.59. The van der Waals surface area contributed by atoms with Crippen molar-refractivity contribution in [1.82, 2.24) is 0 Å². The van der Waals surface area contributed by atoms with E-state index in [-0.39, 0.29) is 0 Å². The van der Waals surface area contributed by atoms with Gasteiger partial charge in [-0.2, -0.15) is 5.26 Å². The fourth-order valence-corrected chi connectivity index (χ4v) is 1.94. The van der Waals surface area contributed by atoms with Gasteiger partial charge in [-0.15, -0.1) is 0 Å². The normalized spacial score (nSPS) is 16.1. The van der Waals surface area contributed by atoms with Crippen LogP contribution in [0.1, 0.15) is 24.0 Å². The second-order valence-electron chi connectivity index (χ2n) is 3.85. The second-order valence-corrected chi connectivity index (χ2v) is 3.85. The van der Waals surface area contributed by atoms with Crippen molar-refractivity contribution in [3.05, 3.63) is 41.0 Å². The van der Waals surface area contributed by atoms with E-state index in [1.165, 1.54) is 16.7 Å². The van der Waals surface area contributed by atoms with E-state index in [0.29, 0.717) is 6.42 Å². The van der Waals surface area contributed by atoms with E-state index in [1.807, 2.05) is 18.2 Å². The number of benzene rings is 1. The van der Waals surface area contributed by atoms with Crippen LogP contribution in [0.15, 0.2) is 29.8 Å². The van der Waals surface area contributed by atoms with E-state index in [4.69, 9.17) is 5.26 Å². The molecule has 0 unspecified atom stereocenters. The summed E-state index contributed by atoms with van der Waals surface area (Å²) in [5, 5.41) is 17.8. The van der Waals surface area contributed by atoms with Crippen LogP contribution in [-0.4, -0.2) is 11.2 Å². The van der Waals surface area contributed by atoms with E-state index < -0.39 is 6.10 Å². The Balaban J connectivity index is 2.19. The number of aliphatic hydroxyl groups is 1. The first kappa shape index (κ1) is 9.95. The first-order chi connectivity index (χ1) is 7.29. The molecular formula is C13H13NO. The lowest BCUT2D eigenvalue weighted by molar-refractivity contribution is 0.229. The van der Waals surface area contributed by atoms with Crippen molar-refractivity contribution >= 4 is 6.08 Å². The minimum Gasteiger partial charge on any atom is -0.378 e. The van der Waals surface area contributed by atoms with E-state index in [2.05, 4.69) is 18.2 Å². The molecule has 2 heteroatoms. The molecule has 0 aliphatic heterocycles. The van der Waals surface area contributed by atoms with Crippen LogP contribution in [0.3, 0.4) is 0 Å². The molecule has 1 aromatic rings. The van der Waals surface area contributed by atoms with E-state index in [1.54, 1.807) is 0 Å². The molecule has 1 aliphatic rings. The highest BCUT2D eigenvalue weighted by Crippen LogP contribution is 2.25. The van der Waals surface area contributed by atoms with Crippen molar-refractivity contribution in [3.63, 3.8) is 0 Å². The summed E-state index contributed by atoms with van der Waals surface area (Å²) < 4.78 is 0. The molecule has 0 amide bonds. The van der Waals surface area contributed by atoms with Crippen molar-refractivity contribution < 1.29 is 5.11 Å². The molecule has 2 rings (SSSR count). The average molecular weight is 199 g/mol. The highest BCUT2D eigenvalue weighted by Gasteiger charge is 2.12. The number of aryl methyl sites for hydroxylation is 1. The molecule has 0 spiro atoms. The summed E-state index contributed by atoms with van der Waals surface area (Å²) >= 11 is 0. The minimum atomic E-state index is -0.860. The lowest BCUT2D eigenvalue weighted by Gasteiger charge is -2.16. The molecule has 1 aliphatic carbocycles. The minimum absolute atomic E-state index is 0.477. The molecule has 0 fully saturated rings. The number of nitriles is 1. The number of rotatable bonds is 2. The van der Waals surface area contributed by atoms with Crippen molar-refractivity contribution in [2.75, 3.05) is 0 Å². The molecule has 0 radical (unpaired) electrons. The SMILES string of the molecule is N#C[C@@H](O)CC1=Cc2ccccc2CC1. The molecule has 0 saturated heterocycles. The van der Waals surface area contributed by atoms with Gasteiger partial charge in [0.15, 0.2) is 0 Å². The summed E-state index contributed by atoms with van der Waals surface area (Å²) in [6.45, 7) is 0. The molecule has 1 N–H and O–H groups in total. The molecule has 76 valence electrons. The lowest BCUT2D eigenvalue weighted by Crippen LogP contribution is -2.07. The molecule has 1 atom stereocenters. The Morgan fingerprint density at radius 1 is 1.33 bits per heavy atom. The summed E-state index contributed by atoms with van der Waals surface area (Å²) in [6, 6.07) is 10.1. The zero-order chi connectivity index (χ0) is 10.7. The monoisotopic (exact) mass is 199 g/mol. The number of hydrogen-bond acceptors (Lipinski definition) is 2. The second kappa shape index (κ2) is 4.29. The van der Waals surface area contributed by atoms with Gasteiger partial charge in [0.05, 0.1) is 6.07 Å². The molecule has 0 saturated carbocycles. The Bertz CT molecular complexity index is 428. The third-order valence-corrected chi connectivity index (χ3v) is 2.73. The maximum Gasteiger partial charge on any atom is 0.144 e. The molecule has 0 aromatic heterocycles. The topological polar surface area (TPSA) is 44.0 Å². The van der Waals surface area contributed by atoms with Gasteiger partial charge in [0.1, 0.15) is 6.10 Å². The van der Waals surface area contributed by atoms with Crippen LogP contribution in [-0.2, 0) is 6.42 Å². The van der Waals surface area contributed by atoms with Gasteiger partial charge >= 0.3 is 0 Å². The molecule has 0 heterocycles. The van der Waals surface area contributed by atoms with Crippen molar-refractivity contribution in [2.45, 2.75) is 25.4 Å². The van der Waals surface area contributed by atoms with Gasteiger partial charge in [-0.1, -0.05) is 35.9 Å². The Morgan fingerprint density at radius 3 is 2.93 bits per heavy atom. The first-order valence-electron chi connectivity index (χ1n) is 5.14. The molecule has 2 nitrogen and oxygen atoms in total. The predicted octanol–water partition coefficient (Wildman–Crippen LogP) is 2.29. The summed E-state index contributed by atoms with van der Waals surface area (Å²) in [5.41, 5.74) is 3.75. The summed E-state index contributed by atoms with van der Waals surface area (Å²) in [7, 11) is 0.